The molecule has 0 saturated heterocycles. The average molecular weight is 528 g/mol. The molecule has 2 aromatic heterocycles. The SMILES string of the molecule is CCCc1sc2nc(SCC(=O)Nc3cccc(Cl)c3C)n(-c3ccc(OC)cc3)c(=O)c2c1C. The van der Waals surface area contributed by atoms with Gasteiger partial charge in [-0.1, -0.05) is 42.8 Å². The fourth-order valence-corrected chi connectivity index (χ4v) is 6.10. The molecule has 4 rings (SSSR count). The molecular formula is C26H26ClN3O3S2. The van der Waals surface area contributed by atoms with E-state index in [0.717, 1.165) is 24.0 Å². The summed E-state index contributed by atoms with van der Waals surface area (Å²) in [7, 11) is 1.60. The Morgan fingerprint density at radius 3 is 2.60 bits per heavy atom. The number of benzene rings is 2. The van der Waals surface area contributed by atoms with Crippen molar-refractivity contribution in [1.82, 2.24) is 9.55 Å². The smallest absolute Gasteiger partial charge is 0.267 e. The molecule has 0 aliphatic rings. The van der Waals surface area contributed by atoms with Crippen molar-refractivity contribution in [1.29, 1.82) is 0 Å². The van der Waals surface area contributed by atoms with Gasteiger partial charge in [-0.05, 0) is 67.8 Å². The van der Waals surface area contributed by atoms with E-state index < -0.39 is 0 Å². The highest BCUT2D eigenvalue weighted by Crippen LogP contribution is 2.31. The van der Waals surface area contributed by atoms with Crippen LogP contribution in [0.25, 0.3) is 15.9 Å². The molecule has 0 unspecified atom stereocenters. The highest BCUT2D eigenvalue weighted by atomic mass is 35.5. The van der Waals surface area contributed by atoms with Gasteiger partial charge in [0.15, 0.2) is 5.16 Å². The van der Waals surface area contributed by atoms with Crippen molar-refractivity contribution in [2.24, 2.45) is 0 Å². The molecular weight excluding hydrogens is 502 g/mol. The number of carbonyl (C=O) groups excluding carboxylic acids is 1. The molecule has 2 heterocycles. The van der Waals surface area contributed by atoms with Gasteiger partial charge in [-0.15, -0.1) is 11.3 Å². The van der Waals surface area contributed by atoms with E-state index in [2.05, 4.69) is 12.2 Å². The highest BCUT2D eigenvalue weighted by molar-refractivity contribution is 7.99. The van der Waals surface area contributed by atoms with Crippen LogP contribution in [0.1, 0.15) is 29.3 Å². The molecule has 1 amide bonds. The third kappa shape index (κ3) is 5.24. The molecule has 0 atom stereocenters. The largest absolute Gasteiger partial charge is 0.497 e. The van der Waals surface area contributed by atoms with E-state index in [1.807, 2.05) is 32.0 Å². The molecule has 0 aliphatic heterocycles. The summed E-state index contributed by atoms with van der Waals surface area (Å²) in [5, 5.41) is 4.60. The number of halogens is 1. The van der Waals surface area contributed by atoms with Crippen molar-refractivity contribution in [2.75, 3.05) is 18.2 Å². The van der Waals surface area contributed by atoms with Crippen molar-refractivity contribution < 1.29 is 9.53 Å². The first-order valence-electron chi connectivity index (χ1n) is 11.2. The first-order valence-corrected chi connectivity index (χ1v) is 13.4. The molecule has 0 aliphatic carbocycles. The number of thiophene rings is 1. The van der Waals surface area contributed by atoms with Crippen LogP contribution >= 0.6 is 34.7 Å². The number of nitrogens with zero attached hydrogens (tertiary/aromatic N) is 2. The lowest BCUT2D eigenvalue weighted by Crippen LogP contribution is -2.23. The number of thioether (sulfide) groups is 1. The van der Waals surface area contributed by atoms with E-state index in [1.165, 1.54) is 16.6 Å². The van der Waals surface area contributed by atoms with Gasteiger partial charge in [0.25, 0.3) is 5.56 Å². The van der Waals surface area contributed by atoms with E-state index in [0.29, 0.717) is 37.5 Å². The number of aromatic nitrogens is 2. The fraction of sp³-hybridized carbons (Fsp3) is 0.269. The molecule has 6 nitrogen and oxygen atoms in total. The maximum absolute atomic E-state index is 13.7. The Labute approximate surface area is 217 Å². The van der Waals surface area contributed by atoms with Crippen LogP contribution in [0.2, 0.25) is 5.02 Å². The summed E-state index contributed by atoms with van der Waals surface area (Å²) >= 11 is 8.96. The Balaban J connectivity index is 1.72. The van der Waals surface area contributed by atoms with Crippen LogP contribution in [-0.4, -0.2) is 28.3 Å². The Kier molecular flexibility index (Phi) is 7.84. The number of fused-ring (bicyclic) bond motifs is 1. The molecule has 4 aromatic rings. The lowest BCUT2D eigenvalue weighted by Gasteiger charge is -2.13. The zero-order valence-electron chi connectivity index (χ0n) is 20.0. The van der Waals surface area contributed by atoms with Gasteiger partial charge in [-0.2, -0.15) is 0 Å². The number of methoxy groups -OCH3 is 1. The minimum atomic E-state index is -0.204. The van der Waals surface area contributed by atoms with Crippen LogP contribution in [0.4, 0.5) is 5.69 Å². The zero-order chi connectivity index (χ0) is 25.1. The quantitative estimate of drug-likeness (QED) is 0.212. The van der Waals surface area contributed by atoms with Crippen LogP contribution < -0.4 is 15.6 Å². The Hall–Kier alpha value is -2.81. The van der Waals surface area contributed by atoms with Crippen LogP contribution in [0, 0.1) is 13.8 Å². The zero-order valence-corrected chi connectivity index (χ0v) is 22.4. The van der Waals surface area contributed by atoms with Gasteiger partial charge in [0, 0.05) is 15.6 Å². The van der Waals surface area contributed by atoms with Gasteiger partial charge in [0.05, 0.1) is 23.9 Å². The van der Waals surface area contributed by atoms with E-state index in [9.17, 15) is 9.59 Å². The minimum Gasteiger partial charge on any atom is -0.497 e. The van der Waals surface area contributed by atoms with Crippen molar-refractivity contribution in [2.45, 2.75) is 38.8 Å². The summed E-state index contributed by atoms with van der Waals surface area (Å²) in [4.78, 5) is 33.2. The van der Waals surface area contributed by atoms with Gasteiger partial charge < -0.3 is 10.1 Å². The summed E-state index contributed by atoms with van der Waals surface area (Å²) < 4.78 is 6.85. The summed E-state index contributed by atoms with van der Waals surface area (Å²) in [5.74, 6) is 0.579. The fourth-order valence-electron chi connectivity index (χ4n) is 3.79. The molecule has 9 heteroatoms. The number of hydrogen-bond acceptors (Lipinski definition) is 6. The normalized spacial score (nSPS) is 11.1. The van der Waals surface area contributed by atoms with Crippen molar-refractivity contribution in [3.8, 4) is 11.4 Å². The van der Waals surface area contributed by atoms with E-state index in [4.69, 9.17) is 21.3 Å². The number of rotatable bonds is 8. The van der Waals surface area contributed by atoms with Crippen LogP contribution in [0.3, 0.4) is 0 Å². The minimum absolute atomic E-state index is 0.0895. The standard InChI is InChI=1S/C26H26ClN3O3S2/c1-5-7-21-16(3)23-24(35-21)29-26(30(25(23)32)17-10-12-18(33-4)13-11-17)34-14-22(31)28-20-9-6-8-19(27)15(20)2/h6,8-13H,5,7,14H2,1-4H3,(H,28,31). The maximum Gasteiger partial charge on any atom is 0.267 e. The van der Waals surface area contributed by atoms with E-state index in [1.54, 1.807) is 47.3 Å². The van der Waals surface area contributed by atoms with Crippen molar-refractivity contribution in [3.05, 3.63) is 73.8 Å². The predicted octanol–water partition coefficient (Wildman–Crippen LogP) is 6.41. The number of amides is 1. The van der Waals surface area contributed by atoms with Crippen LogP contribution in [-0.2, 0) is 11.2 Å². The van der Waals surface area contributed by atoms with Crippen LogP contribution in [0.15, 0.2) is 52.4 Å². The summed E-state index contributed by atoms with van der Waals surface area (Å²) in [6.07, 6.45) is 1.89. The van der Waals surface area contributed by atoms with Crippen LogP contribution in [0.5, 0.6) is 5.75 Å². The first kappa shape index (κ1) is 25.3. The molecule has 1 N–H and O–H groups in total. The average Bonchev–Trinajstić information content (AvgIpc) is 3.16. The summed E-state index contributed by atoms with van der Waals surface area (Å²) in [5.41, 5.74) is 2.99. The van der Waals surface area contributed by atoms with Crippen molar-refractivity contribution >= 4 is 56.5 Å². The summed E-state index contributed by atoms with van der Waals surface area (Å²) in [6, 6.07) is 12.6. The monoisotopic (exact) mass is 527 g/mol. The molecule has 2 aromatic carbocycles. The van der Waals surface area contributed by atoms with E-state index >= 15 is 0 Å². The topological polar surface area (TPSA) is 73.2 Å². The molecule has 35 heavy (non-hydrogen) atoms. The molecule has 0 saturated carbocycles. The lowest BCUT2D eigenvalue weighted by molar-refractivity contribution is -0.113. The van der Waals surface area contributed by atoms with Gasteiger partial charge in [-0.3, -0.25) is 14.2 Å². The van der Waals surface area contributed by atoms with Crippen molar-refractivity contribution in [3.63, 3.8) is 0 Å². The Morgan fingerprint density at radius 2 is 1.91 bits per heavy atom. The molecule has 182 valence electrons. The molecule has 0 bridgehead atoms. The number of anilines is 1. The predicted molar refractivity (Wildman–Crippen MR) is 146 cm³/mol. The number of ether oxygens (including phenoxy) is 1. The molecule has 0 fully saturated rings. The number of nitrogens with one attached hydrogen (secondary N) is 1. The van der Waals surface area contributed by atoms with E-state index in [-0.39, 0.29) is 17.2 Å². The second-order valence-electron chi connectivity index (χ2n) is 8.06. The lowest BCUT2D eigenvalue weighted by atomic mass is 10.1. The number of aryl methyl sites for hydroxylation is 2. The highest BCUT2D eigenvalue weighted by Gasteiger charge is 2.20. The summed E-state index contributed by atoms with van der Waals surface area (Å²) in [6.45, 7) is 5.96. The van der Waals surface area contributed by atoms with Gasteiger partial charge in [-0.25, -0.2) is 4.98 Å². The first-order chi connectivity index (χ1) is 16.8. The third-order valence-electron chi connectivity index (χ3n) is 5.71. The molecule has 0 radical (unpaired) electrons. The number of hydrogen-bond donors (Lipinski definition) is 1. The Morgan fingerprint density at radius 1 is 1.17 bits per heavy atom. The Bertz CT molecular complexity index is 1450. The van der Waals surface area contributed by atoms with Gasteiger partial charge >= 0.3 is 0 Å². The maximum atomic E-state index is 13.7. The second-order valence-corrected chi connectivity index (χ2v) is 10.5. The third-order valence-corrected chi connectivity index (χ3v) is 8.31. The van der Waals surface area contributed by atoms with Gasteiger partial charge in [0.1, 0.15) is 10.6 Å². The van der Waals surface area contributed by atoms with Gasteiger partial charge in [0.2, 0.25) is 5.91 Å². The molecule has 0 spiro atoms. The number of carbonyl (C=O) groups is 1. The second kappa shape index (κ2) is 10.8.